The van der Waals surface area contributed by atoms with Crippen LogP contribution in [0.1, 0.15) is 36.5 Å². The van der Waals surface area contributed by atoms with Gasteiger partial charge in [-0.15, -0.1) is 24.8 Å². The van der Waals surface area contributed by atoms with Gasteiger partial charge >= 0.3 is 5.76 Å². The number of anilines is 1. The first-order valence-corrected chi connectivity index (χ1v) is 10.9. The molecule has 180 valence electrons. The molecular weight excluding hydrogens is 468 g/mol. The third-order valence-corrected chi connectivity index (χ3v) is 5.99. The van der Waals surface area contributed by atoms with E-state index in [0.717, 1.165) is 63.2 Å². The molecular formula is C24H30Cl2FN3O3. The number of hydrogen-bond acceptors (Lipinski definition) is 5. The van der Waals surface area contributed by atoms with Gasteiger partial charge in [-0.1, -0.05) is 6.42 Å². The number of carbonyl (C=O) groups excluding carboxylic acids is 1. The summed E-state index contributed by atoms with van der Waals surface area (Å²) in [4.78, 5) is 28.4. The van der Waals surface area contributed by atoms with Gasteiger partial charge in [0, 0.05) is 44.0 Å². The summed E-state index contributed by atoms with van der Waals surface area (Å²) in [5, 5.41) is 0. The zero-order valence-electron chi connectivity index (χ0n) is 18.7. The number of oxazole rings is 1. The Balaban J connectivity index is 0.00000193. The fourth-order valence-corrected chi connectivity index (χ4v) is 4.16. The lowest BCUT2D eigenvalue weighted by molar-refractivity contribution is 0.101. The fourth-order valence-electron chi connectivity index (χ4n) is 4.16. The summed E-state index contributed by atoms with van der Waals surface area (Å²) in [7, 11) is 0. The van der Waals surface area contributed by atoms with Crippen LogP contribution in [-0.2, 0) is 6.54 Å². The van der Waals surface area contributed by atoms with Crippen molar-refractivity contribution in [1.29, 1.82) is 0 Å². The molecule has 9 heteroatoms. The molecule has 0 N–H and O–H groups in total. The van der Waals surface area contributed by atoms with Gasteiger partial charge in [0.25, 0.3) is 0 Å². The molecule has 0 spiro atoms. The van der Waals surface area contributed by atoms with Crippen molar-refractivity contribution in [2.45, 2.75) is 32.7 Å². The molecule has 0 saturated carbocycles. The number of carbonyl (C=O) groups is 1. The molecule has 0 amide bonds. The summed E-state index contributed by atoms with van der Waals surface area (Å²) >= 11 is 0. The Labute approximate surface area is 205 Å². The monoisotopic (exact) mass is 497 g/mol. The number of rotatable bonds is 8. The van der Waals surface area contributed by atoms with Gasteiger partial charge < -0.3 is 9.32 Å². The number of fused-ring (bicyclic) bond motifs is 1. The zero-order chi connectivity index (χ0) is 21.8. The lowest BCUT2D eigenvalue weighted by Crippen LogP contribution is -2.46. The molecule has 0 aliphatic carbocycles. The van der Waals surface area contributed by atoms with E-state index in [9.17, 15) is 14.0 Å². The first-order chi connectivity index (χ1) is 15.0. The van der Waals surface area contributed by atoms with Crippen LogP contribution in [0.25, 0.3) is 11.1 Å². The van der Waals surface area contributed by atoms with Crippen molar-refractivity contribution in [3.8, 4) is 0 Å². The standard InChI is InChI=1S/C24H28FN3O3.2ClH/c1-18(29)19-5-10-22-23(17-19)31-24(30)28(22)12-4-2-3-11-26-13-15-27(16-14-26)21-8-6-20(25)7-9-21;;/h5-10,17H,2-4,11-16H2,1H3;2*1H. The lowest BCUT2D eigenvalue weighted by atomic mass is 10.1. The molecule has 4 rings (SSSR count). The van der Waals surface area contributed by atoms with Crippen molar-refractivity contribution in [3.63, 3.8) is 0 Å². The van der Waals surface area contributed by atoms with Crippen LogP contribution < -0.4 is 10.7 Å². The topological polar surface area (TPSA) is 58.7 Å². The SMILES string of the molecule is CC(=O)c1ccc2c(c1)oc(=O)n2CCCCCN1CCN(c2ccc(F)cc2)CC1.Cl.Cl. The predicted octanol–water partition coefficient (Wildman–Crippen LogP) is 4.77. The van der Waals surface area contributed by atoms with E-state index in [1.807, 2.05) is 12.1 Å². The quantitative estimate of drug-likeness (QED) is 0.331. The fraction of sp³-hybridized carbons (Fsp3) is 0.417. The Morgan fingerprint density at radius 1 is 0.939 bits per heavy atom. The molecule has 6 nitrogen and oxygen atoms in total. The average molecular weight is 498 g/mol. The van der Waals surface area contributed by atoms with Gasteiger partial charge in [0.2, 0.25) is 0 Å². The van der Waals surface area contributed by atoms with Crippen molar-refractivity contribution in [2.24, 2.45) is 0 Å². The van der Waals surface area contributed by atoms with E-state index in [0.29, 0.717) is 17.7 Å². The minimum absolute atomic E-state index is 0. The van der Waals surface area contributed by atoms with E-state index in [1.165, 1.54) is 19.1 Å². The molecule has 2 heterocycles. The number of Topliss-reactive ketones (excluding diaryl/α,β-unsaturated/α-hetero) is 1. The summed E-state index contributed by atoms with van der Waals surface area (Å²) in [6, 6.07) is 11.9. The normalized spacial score (nSPS) is 14.1. The number of unbranched alkanes of at least 4 members (excludes halogenated alkanes) is 2. The molecule has 0 bridgehead atoms. The Morgan fingerprint density at radius 2 is 1.61 bits per heavy atom. The summed E-state index contributed by atoms with van der Waals surface area (Å²) in [5.74, 6) is -0.614. The first-order valence-electron chi connectivity index (χ1n) is 10.9. The maximum absolute atomic E-state index is 13.1. The highest BCUT2D eigenvalue weighted by molar-refractivity contribution is 5.96. The van der Waals surface area contributed by atoms with Gasteiger partial charge in [-0.05, 0) is 68.8 Å². The molecule has 2 aromatic carbocycles. The number of benzene rings is 2. The molecule has 0 atom stereocenters. The van der Waals surface area contributed by atoms with Crippen LogP contribution in [0.15, 0.2) is 51.7 Å². The van der Waals surface area contributed by atoms with Gasteiger partial charge in [0.15, 0.2) is 11.4 Å². The lowest BCUT2D eigenvalue weighted by Gasteiger charge is -2.36. The van der Waals surface area contributed by atoms with E-state index in [4.69, 9.17) is 4.42 Å². The van der Waals surface area contributed by atoms with Gasteiger partial charge in [0.05, 0.1) is 5.52 Å². The number of halogens is 3. The second-order valence-corrected chi connectivity index (χ2v) is 8.12. The van der Waals surface area contributed by atoms with E-state index in [1.54, 1.807) is 22.8 Å². The predicted molar refractivity (Wildman–Crippen MR) is 134 cm³/mol. The maximum Gasteiger partial charge on any atom is 0.419 e. The Kier molecular flexibility index (Phi) is 9.95. The maximum atomic E-state index is 13.1. The van der Waals surface area contributed by atoms with Crippen molar-refractivity contribution in [3.05, 3.63) is 64.4 Å². The van der Waals surface area contributed by atoms with E-state index in [-0.39, 0.29) is 42.2 Å². The highest BCUT2D eigenvalue weighted by Gasteiger charge is 2.17. The summed E-state index contributed by atoms with van der Waals surface area (Å²) in [5.41, 5.74) is 2.84. The summed E-state index contributed by atoms with van der Waals surface area (Å²) in [6.07, 6.45) is 3.01. The Morgan fingerprint density at radius 3 is 2.27 bits per heavy atom. The smallest absolute Gasteiger partial charge is 0.408 e. The van der Waals surface area contributed by atoms with Crippen molar-refractivity contribution >= 4 is 47.4 Å². The van der Waals surface area contributed by atoms with Gasteiger partial charge in [-0.2, -0.15) is 0 Å². The molecule has 1 aliphatic heterocycles. The first kappa shape index (κ1) is 26.9. The molecule has 1 aromatic heterocycles. The second kappa shape index (κ2) is 12.2. The third kappa shape index (κ3) is 6.59. The largest absolute Gasteiger partial charge is 0.419 e. The van der Waals surface area contributed by atoms with Gasteiger partial charge in [-0.25, -0.2) is 9.18 Å². The molecule has 1 aliphatic rings. The highest BCUT2D eigenvalue weighted by Crippen LogP contribution is 2.18. The van der Waals surface area contributed by atoms with Crippen LogP contribution in [0, 0.1) is 5.82 Å². The average Bonchev–Trinajstić information content (AvgIpc) is 3.09. The van der Waals surface area contributed by atoms with Gasteiger partial charge in [0.1, 0.15) is 5.82 Å². The van der Waals surface area contributed by atoms with Crippen molar-refractivity contribution in [2.75, 3.05) is 37.6 Å². The summed E-state index contributed by atoms with van der Waals surface area (Å²) in [6.45, 7) is 7.06. The van der Waals surface area contributed by atoms with Crippen LogP contribution in [0.5, 0.6) is 0 Å². The Hall–Kier alpha value is -2.35. The van der Waals surface area contributed by atoms with E-state index in [2.05, 4.69) is 9.80 Å². The number of hydrogen-bond donors (Lipinski definition) is 0. The number of piperazine rings is 1. The number of ketones is 1. The van der Waals surface area contributed by atoms with E-state index >= 15 is 0 Å². The van der Waals surface area contributed by atoms with Gasteiger partial charge in [-0.3, -0.25) is 14.3 Å². The number of aromatic nitrogens is 1. The van der Waals surface area contributed by atoms with E-state index < -0.39 is 0 Å². The van der Waals surface area contributed by atoms with Crippen LogP contribution in [0.3, 0.4) is 0 Å². The second-order valence-electron chi connectivity index (χ2n) is 8.12. The third-order valence-electron chi connectivity index (χ3n) is 5.99. The molecule has 3 aromatic rings. The number of aryl methyl sites for hydroxylation is 1. The molecule has 0 unspecified atom stereocenters. The van der Waals surface area contributed by atoms with Crippen LogP contribution in [-0.4, -0.2) is 48.0 Å². The minimum Gasteiger partial charge on any atom is -0.408 e. The zero-order valence-corrected chi connectivity index (χ0v) is 20.3. The summed E-state index contributed by atoms with van der Waals surface area (Å²) < 4.78 is 20.1. The van der Waals surface area contributed by atoms with Crippen LogP contribution >= 0.6 is 24.8 Å². The molecule has 1 fully saturated rings. The van der Waals surface area contributed by atoms with Crippen molar-refractivity contribution in [1.82, 2.24) is 9.47 Å². The minimum atomic E-state index is -0.368. The number of nitrogens with zero attached hydrogens (tertiary/aromatic N) is 3. The molecule has 33 heavy (non-hydrogen) atoms. The van der Waals surface area contributed by atoms with Crippen LogP contribution in [0.4, 0.5) is 10.1 Å². The highest BCUT2D eigenvalue weighted by atomic mass is 35.5. The molecule has 0 radical (unpaired) electrons. The molecule has 1 saturated heterocycles. The van der Waals surface area contributed by atoms with Crippen LogP contribution in [0.2, 0.25) is 0 Å². The van der Waals surface area contributed by atoms with Crippen molar-refractivity contribution < 1.29 is 13.6 Å². The Bertz CT molecular complexity index is 1110.